The van der Waals surface area contributed by atoms with Gasteiger partial charge in [0.1, 0.15) is 11.5 Å². The molecular weight excluding hydrogens is 422 g/mol. The number of piperidine rings is 1. The van der Waals surface area contributed by atoms with E-state index in [1.807, 2.05) is 17.0 Å². The zero-order chi connectivity index (χ0) is 24.1. The third-order valence-corrected chi connectivity index (χ3v) is 6.60. The van der Waals surface area contributed by atoms with Crippen LogP contribution < -0.4 is 0 Å². The van der Waals surface area contributed by atoms with Gasteiger partial charge in [0, 0.05) is 31.5 Å². The molecule has 0 radical (unpaired) electrons. The smallest absolute Gasteiger partial charge is 0.307 e. The summed E-state index contributed by atoms with van der Waals surface area (Å²) in [6.07, 6.45) is 3.75. The van der Waals surface area contributed by atoms with Crippen LogP contribution in [0.2, 0.25) is 0 Å². The summed E-state index contributed by atoms with van der Waals surface area (Å²) >= 11 is 0. The van der Waals surface area contributed by atoms with Gasteiger partial charge in [-0.05, 0) is 35.5 Å². The lowest BCUT2D eigenvalue weighted by atomic mass is 9.76. The number of aliphatic hydroxyl groups is 1. The van der Waals surface area contributed by atoms with Gasteiger partial charge in [-0.3, -0.25) is 9.59 Å². The van der Waals surface area contributed by atoms with Crippen LogP contribution in [0, 0.1) is 17.8 Å². The summed E-state index contributed by atoms with van der Waals surface area (Å²) in [6.45, 7) is 5.81. The van der Waals surface area contributed by atoms with E-state index in [1.54, 1.807) is 31.4 Å². The average molecular weight is 458 g/mol. The lowest BCUT2D eigenvalue weighted by molar-refractivity contribution is -0.136. The Morgan fingerprint density at radius 2 is 1.73 bits per heavy atom. The third-order valence-electron chi connectivity index (χ3n) is 6.60. The number of methoxy groups -OCH3 is 2. The summed E-state index contributed by atoms with van der Waals surface area (Å²) in [4.78, 5) is 26.4. The average Bonchev–Trinajstić information content (AvgIpc) is 2.76. The van der Waals surface area contributed by atoms with Crippen molar-refractivity contribution in [1.29, 1.82) is 0 Å². The molecule has 2 aliphatic rings. The third kappa shape index (κ3) is 6.16. The lowest BCUT2D eigenvalue weighted by Crippen LogP contribution is -2.44. The molecule has 1 saturated heterocycles. The van der Waals surface area contributed by atoms with Gasteiger partial charge in [0.15, 0.2) is 0 Å². The zero-order valence-electron chi connectivity index (χ0n) is 19.9. The standard InChI is InChI=1S/C26H35NO6/c1-16-9-17(2)15-27(14-16)24(29)13-21(19-7-5-18(6-8-19)10-25(30)31)26-22(28)11-20(32-3)12-23(26)33-4/h5-8,11-12,16-17,21-22,26,28H,9-10,13-15H2,1-4H3,(H,30,31). The number of hydrogen-bond donors (Lipinski definition) is 2. The van der Waals surface area contributed by atoms with E-state index in [0.29, 0.717) is 28.9 Å². The van der Waals surface area contributed by atoms with Crippen LogP contribution >= 0.6 is 0 Å². The summed E-state index contributed by atoms with van der Waals surface area (Å²) in [5.41, 5.74) is 1.54. The molecule has 180 valence electrons. The van der Waals surface area contributed by atoms with Crippen molar-refractivity contribution in [1.82, 2.24) is 4.90 Å². The summed E-state index contributed by atoms with van der Waals surface area (Å²) < 4.78 is 10.9. The molecule has 1 aromatic rings. The van der Waals surface area contributed by atoms with Crippen molar-refractivity contribution in [3.8, 4) is 0 Å². The summed E-state index contributed by atoms with van der Waals surface area (Å²) in [6, 6.07) is 7.25. The van der Waals surface area contributed by atoms with Crippen LogP contribution in [0.15, 0.2) is 47.9 Å². The van der Waals surface area contributed by atoms with Gasteiger partial charge in [-0.25, -0.2) is 0 Å². The molecule has 7 nitrogen and oxygen atoms in total. The molecule has 5 atom stereocenters. The Kier molecular flexibility index (Phi) is 8.19. The Bertz CT molecular complexity index is 896. The number of carbonyl (C=O) groups is 2. The molecular formula is C26H35NO6. The molecule has 2 N–H and O–H groups in total. The number of carbonyl (C=O) groups excluding carboxylic acids is 1. The highest BCUT2D eigenvalue weighted by atomic mass is 16.5. The number of rotatable bonds is 8. The number of nitrogens with zero attached hydrogens (tertiary/aromatic N) is 1. The predicted molar refractivity (Wildman–Crippen MR) is 124 cm³/mol. The van der Waals surface area contributed by atoms with Crippen LogP contribution in [0.1, 0.15) is 43.7 Å². The van der Waals surface area contributed by atoms with Crippen molar-refractivity contribution >= 4 is 11.9 Å². The van der Waals surface area contributed by atoms with E-state index in [1.165, 1.54) is 7.11 Å². The van der Waals surface area contributed by atoms with Gasteiger partial charge in [-0.15, -0.1) is 0 Å². The Morgan fingerprint density at radius 1 is 1.09 bits per heavy atom. The van der Waals surface area contributed by atoms with Crippen molar-refractivity contribution < 1.29 is 29.3 Å². The van der Waals surface area contributed by atoms with Crippen LogP contribution in [0.4, 0.5) is 0 Å². The molecule has 1 aliphatic carbocycles. The van der Waals surface area contributed by atoms with Crippen molar-refractivity contribution in [3.05, 3.63) is 59.1 Å². The highest BCUT2D eigenvalue weighted by molar-refractivity contribution is 5.77. The monoisotopic (exact) mass is 457 g/mol. The molecule has 1 heterocycles. The van der Waals surface area contributed by atoms with Crippen LogP contribution in [-0.2, 0) is 25.5 Å². The first-order valence-electron chi connectivity index (χ1n) is 11.5. The number of likely N-dealkylation sites (tertiary alicyclic amines) is 1. The first-order valence-corrected chi connectivity index (χ1v) is 11.5. The normalized spacial score (nSPS) is 26.2. The van der Waals surface area contributed by atoms with Crippen molar-refractivity contribution in [2.75, 3.05) is 27.3 Å². The van der Waals surface area contributed by atoms with Gasteiger partial charge >= 0.3 is 5.97 Å². The Hall–Kier alpha value is -2.80. The maximum atomic E-state index is 13.4. The number of ether oxygens (including phenoxy) is 2. The van der Waals surface area contributed by atoms with E-state index in [0.717, 1.165) is 25.1 Å². The minimum atomic E-state index is -0.896. The first kappa shape index (κ1) is 24.8. The second kappa shape index (κ2) is 10.9. The summed E-state index contributed by atoms with van der Waals surface area (Å²) in [5.74, 6) is 0.305. The minimum absolute atomic E-state index is 0.0529. The molecule has 0 bridgehead atoms. The lowest BCUT2D eigenvalue weighted by Gasteiger charge is -2.38. The highest BCUT2D eigenvalue weighted by Crippen LogP contribution is 2.40. The van der Waals surface area contributed by atoms with Gasteiger partial charge < -0.3 is 24.6 Å². The second-order valence-corrected chi connectivity index (χ2v) is 9.41. The fourth-order valence-corrected chi connectivity index (χ4v) is 5.18. The Labute approximate surface area is 195 Å². The van der Waals surface area contributed by atoms with Crippen molar-refractivity contribution in [2.45, 2.75) is 45.1 Å². The fourth-order valence-electron chi connectivity index (χ4n) is 5.18. The predicted octanol–water partition coefficient (Wildman–Crippen LogP) is 3.34. The molecule has 1 aliphatic heterocycles. The molecule has 1 aromatic carbocycles. The number of carboxylic acid groups (broad SMARTS) is 1. The summed E-state index contributed by atoms with van der Waals surface area (Å²) in [7, 11) is 3.08. The topological polar surface area (TPSA) is 96.3 Å². The van der Waals surface area contributed by atoms with E-state index >= 15 is 0 Å². The van der Waals surface area contributed by atoms with Crippen LogP contribution in [0.5, 0.6) is 0 Å². The highest BCUT2D eigenvalue weighted by Gasteiger charge is 2.38. The molecule has 1 fully saturated rings. The second-order valence-electron chi connectivity index (χ2n) is 9.41. The van der Waals surface area contributed by atoms with E-state index in [-0.39, 0.29) is 24.7 Å². The van der Waals surface area contributed by atoms with E-state index < -0.39 is 18.0 Å². The van der Waals surface area contributed by atoms with Gasteiger partial charge in [0.05, 0.1) is 32.7 Å². The molecule has 0 saturated carbocycles. The zero-order valence-corrected chi connectivity index (χ0v) is 19.9. The SMILES string of the molecule is COC1=CC(O)C(C(CC(=O)N2CC(C)CC(C)C2)c2ccc(CC(=O)O)cc2)C(OC)=C1. The van der Waals surface area contributed by atoms with Gasteiger partial charge in [0.2, 0.25) is 5.91 Å². The molecule has 0 spiro atoms. The number of aliphatic carboxylic acids is 1. The number of benzene rings is 1. The number of hydrogen-bond acceptors (Lipinski definition) is 5. The maximum Gasteiger partial charge on any atom is 0.307 e. The van der Waals surface area contributed by atoms with Crippen LogP contribution in [0.3, 0.4) is 0 Å². The van der Waals surface area contributed by atoms with E-state index in [4.69, 9.17) is 14.6 Å². The molecule has 0 aromatic heterocycles. The first-order chi connectivity index (χ1) is 15.7. The molecule has 33 heavy (non-hydrogen) atoms. The number of aliphatic hydroxyl groups excluding tert-OH is 1. The molecule has 7 heteroatoms. The quantitative estimate of drug-likeness (QED) is 0.622. The van der Waals surface area contributed by atoms with Crippen molar-refractivity contribution in [3.63, 3.8) is 0 Å². The molecule has 5 unspecified atom stereocenters. The van der Waals surface area contributed by atoms with E-state index in [2.05, 4.69) is 13.8 Å². The molecule has 1 amide bonds. The summed E-state index contributed by atoms with van der Waals surface area (Å²) in [5, 5.41) is 20.1. The number of carboxylic acids is 1. The Morgan fingerprint density at radius 3 is 2.27 bits per heavy atom. The van der Waals surface area contributed by atoms with Crippen LogP contribution in [0.25, 0.3) is 0 Å². The minimum Gasteiger partial charge on any atom is -0.501 e. The van der Waals surface area contributed by atoms with Gasteiger partial charge in [0.25, 0.3) is 0 Å². The van der Waals surface area contributed by atoms with E-state index in [9.17, 15) is 14.7 Å². The number of amides is 1. The number of allylic oxidation sites excluding steroid dienone is 1. The van der Waals surface area contributed by atoms with Gasteiger partial charge in [-0.1, -0.05) is 38.1 Å². The Balaban J connectivity index is 1.92. The van der Waals surface area contributed by atoms with Crippen LogP contribution in [-0.4, -0.2) is 60.4 Å². The molecule has 3 rings (SSSR count). The maximum absolute atomic E-state index is 13.4. The fraction of sp³-hybridized carbons (Fsp3) is 0.538. The van der Waals surface area contributed by atoms with Crippen molar-refractivity contribution in [2.24, 2.45) is 17.8 Å². The van der Waals surface area contributed by atoms with Gasteiger partial charge in [-0.2, -0.15) is 0 Å². The largest absolute Gasteiger partial charge is 0.501 e.